The molecule has 10 heteroatoms. The Balaban J connectivity index is 0.00000231. The van der Waals surface area contributed by atoms with Gasteiger partial charge in [-0.05, 0) is 69.7 Å². The lowest BCUT2D eigenvalue weighted by atomic mass is 9.79. The van der Waals surface area contributed by atoms with Gasteiger partial charge in [-0.3, -0.25) is 14.5 Å². The zero-order valence-electron chi connectivity index (χ0n) is 24.7. The minimum absolute atomic E-state index is 0. The average molecular weight is 627 g/mol. The van der Waals surface area contributed by atoms with E-state index in [2.05, 4.69) is 31.0 Å². The fraction of sp³-hybridized carbons (Fsp3) is 0.645. The van der Waals surface area contributed by atoms with Crippen LogP contribution in [0.4, 0.5) is 0 Å². The van der Waals surface area contributed by atoms with Crippen molar-refractivity contribution < 1.29 is 9.59 Å². The molecular weight excluding hydrogens is 581 g/mol. The van der Waals surface area contributed by atoms with Gasteiger partial charge >= 0.3 is 0 Å². The van der Waals surface area contributed by atoms with Gasteiger partial charge in [0.2, 0.25) is 11.8 Å². The molecule has 228 valence electrons. The maximum atomic E-state index is 13.8. The lowest BCUT2D eigenvalue weighted by Crippen LogP contribution is -2.73. The third-order valence-corrected chi connectivity index (χ3v) is 9.67. The minimum Gasteiger partial charge on any atom is -0.342 e. The second-order valence-electron chi connectivity index (χ2n) is 12.0. The van der Waals surface area contributed by atoms with Crippen molar-refractivity contribution in [3.8, 4) is 5.69 Å². The van der Waals surface area contributed by atoms with Gasteiger partial charge in [-0.1, -0.05) is 57.0 Å². The molecule has 2 aromatic rings. The smallest absolute Gasteiger partial charge is 0.246 e. The largest absolute Gasteiger partial charge is 0.342 e. The zero-order chi connectivity index (χ0) is 27.6. The van der Waals surface area contributed by atoms with E-state index in [0.717, 1.165) is 56.0 Å². The standard InChI is InChI=1S/C31H44ClN5O2.2ClH/c1-4-5-17-36-29(38)28(20-24-9-7-6-8-10-24)33-30(39)31(36)15-18-35(19-16-31)21-27-22(2)34-37(23(27)3)26-13-11-25(32)12-14-26;;/h11-14,24,28H,4-10,15-21H2,1-3H3,(H,33,39);2*1H. The van der Waals surface area contributed by atoms with Crippen LogP contribution in [-0.4, -0.2) is 62.6 Å². The number of unbranched alkanes of at least 4 members (excludes halogenated alkanes) is 1. The second-order valence-corrected chi connectivity index (χ2v) is 12.4. The molecule has 2 saturated heterocycles. The van der Waals surface area contributed by atoms with Gasteiger partial charge in [0.25, 0.3) is 0 Å². The molecule has 1 aromatic carbocycles. The molecule has 3 fully saturated rings. The summed E-state index contributed by atoms with van der Waals surface area (Å²) in [5.41, 5.74) is 3.64. The van der Waals surface area contributed by atoms with Crippen molar-refractivity contribution in [2.75, 3.05) is 19.6 Å². The van der Waals surface area contributed by atoms with E-state index in [0.29, 0.717) is 30.3 Å². The molecule has 3 heterocycles. The molecule has 5 rings (SSSR count). The van der Waals surface area contributed by atoms with E-state index in [1.807, 2.05) is 33.8 Å². The van der Waals surface area contributed by atoms with Crippen LogP contribution in [0.5, 0.6) is 0 Å². The monoisotopic (exact) mass is 625 g/mol. The highest BCUT2D eigenvalue weighted by Gasteiger charge is 2.53. The number of halogens is 3. The van der Waals surface area contributed by atoms with E-state index in [4.69, 9.17) is 16.7 Å². The summed E-state index contributed by atoms with van der Waals surface area (Å²) in [5.74, 6) is 0.775. The predicted molar refractivity (Wildman–Crippen MR) is 170 cm³/mol. The van der Waals surface area contributed by atoms with Crippen molar-refractivity contribution in [1.82, 2.24) is 24.9 Å². The Morgan fingerprint density at radius 3 is 2.32 bits per heavy atom. The molecule has 0 bridgehead atoms. The minimum atomic E-state index is -0.719. The topological polar surface area (TPSA) is 70.5 Å². The number of piperazine rings is 1. The zero-order valence-corrected chi connectivity index (χ0v) is 27.1. The number of piperidine rings is 1. The summed E-state index contributed by atoms with van der Waals surface area (Å²) in [4.78, 5) is 32.0. The molecule has 3 aliphatic rings. The van der Waals surface area contributed by atoms with Crippen LogP contribution in [0.25, 0.3) is 5.69 Å². The van der Waals surface area contributed by atoms with Crippen molar-refractivity contribution in [2.45, 2.75) is 103 Å². The van der Waals surface area contributed by atoms with E-state index in [9.17, 15) is 9.59 Å². The third kappa shape index (κ3) is 7.06. The summed E-state index contributed by atoms with van der Waals surface area (Å²) < 4.78 is 1.98. The number of carbonyl (C=O) groups is 2. The number of hydrogen-bond donors (Lipinski definition) is 1. The number of aryl methyl sites for hydroxylation is 1. The first kappa shape index (κ1) is 33.7. The van der Waals surface area contributed by atoms with Gasteiger partial charge < -0.3 is 10.2 Å². The molecule has 41 heavy (non-hydrogen) atoms. The van der Waals surface area contributed by atoms with Crippen LogP contribution in [0, 0.1) is 19.8 Å². The van der Waals surface area contributed by atoms with Crippen LogP contribution in [0.2, 0.25) is 5.02 Å². The lowest BCUT2D eigenvalue weighted by Gasteiger charge is -2.52. The molecule has 1 aromatic heterocycles. The number of amides is 2. The maximum Gasteiger partial charge on any atom is 0.246 e. The van der Waals surface area contributed by atoms with Gasteiger partial charge in [0, 0.05) is 42.5 Å². The number of likely N-dealkylation sites (tertiary alicyclic amines) is 1. The van der Waals surface area contributed by atoms with Crippen LogP contribution < -0.4 is 5.32 Å². The molecule has 2 amide bonds. The van der Waals surface area contributed by atoms with Crippen LogP contribution in [0.3, 0.4) is 0 Å². The molecule has 1 atom stereocenters. The van der Waals surface area contributed by atoms with E-state index in [-0.39, 0.29) is 42.7 Å². The highest BCUT2D eigenvalue weighted by atomic mass is 35.5. The Morgan fingerprint density at radius 1 is 1.02 bits per heavy atom. The number of benzene rings is 1. The Hall–Kier alpha value is -1.80. The van der Waals surface area contributed by atoms with Crippen LogP contribution in [-0.2, 0) is 16.1 Å². The SMILES string of the molecule is CCCCN1C(=O)C(CC2CCCCC2)NC(=O)C12CCN(Cc1c(C)nn(-c3ccc(Cl)cc3)c1C)CC2.Cl.Cl. The third-order valence-electron chi connectivity index (χ3n) is 9.42. The van der Waals surface area contributed by atoms with Crippen molar-refractivity contribution >= 4 is 48.2 Å². The molecule has 1 spiro atoms. The molecule has 1 saturated carbocycles. The summed E-state index contributed by atoms with van der Waals surface area (Å²) in [7, 11) is 0. The van der Waals surface area contributed by atoms with Gasteiger partial charge in [0.05, 0.1) is 11.4 Å². The van der Waals surface area contributed by atoms with Gasteiger partial charge in [0.1, 0.15) is 11.6 Å². The van der Waals surface area contributed by atoms with E-state index < -0.39 is 5.54 Å². The normalized spacial score (nSPS) is 21.4. The maximum absolute atomic E-state index is 13.8. The Kier molecular flexibility index (Phi) is 12.0. The van der Waals surface area contributed by atoms with Crippen LogP contribution >= 0.6 is 36.4 Å². The van der Waals surface area contributed by atoms with Crippen LogP contribution in [0.15, 0.2) is 24.3 Å². The summed E-state index contributed by atoms with van der Waals surface area (Å²) in [5, 5.41) is 8.74. The molecule has 0 radical (unpaired) electrons. The average Bonchev–Trinajstić information content (AvgIpc) is 3.22. The lowest BCUT2D eigenvalue weighted by molar-refractivity contribution is -0.162. The van der Waals surface area contributed by atoms with Gasteiger partial charge in [-0.25, -0.2) is 4.68 Å². The number of rotatable bonds is 8. The predicted octanol–water partition coefficient (Wildman–Crippen LogP) is 6.42. The van der Waals surface area contributed by atoms with Crippen molar-refractivity contribution in [3.05, 3.63) is 46.2 Å². The Bertz CT molecular complexity index is 1170. The van der Waals surface area contributed by atoms with Crippen molar-refractivity contribution in [3.63, 3.8) is 0 Å². The number of hydrogen-bond acceptors (Lipinski definition) is 4. The van der Waals surface area contributed by atoms with E-state index in [1.54, 1.807) is 0 Å². The first-order chi connectivity index (χ1) is 18.8. The summed E-state index contributed by atoms with van der Waals surface area (Å²) in [6.07, 6.45) is 10.2. The van der Waals surface area contributed by atoms with Crippen molar-refractivity contribution in [1.29, 1.82) is 0 Å². The number of nitrogens with zero attached hydrogens (tertiary/aromatic N) is 4. The van der Waals surface area contributed by atoms with E-state index in [1.165, 1.54) is 37.7 Å². The second kappa shape index (κ2) is 14.6. The highest BCUT2D eigenvalue weighted by molar-refractivity contribution is 6.30. The first-order valence-electron chi connectivity index (χ1n) is 15.0. The quantitative estimate of drug-likeness (QED) is 0.367. The first-order valence-corrected chi connectivity index (χ1v) is 15.4. The summed E-state index contributed by atoms with van der Waals surface area (Å²) >= 11 is 6.09. The fourth-order valence-electron chi connectivity index (χ4n) is 6.97. The van der Waals surface area contributed by atoms with Crippen molar-refractivity contribution in [2.24, 2.45) is 5.92 Å². The molecule has 1 unspecified atom stereocenters. The Morgan fingerprint density at radius 2 is 1.68 bits per heavy atom. The Labute approximate surface area is 262 Å². The fourth-order valence-corrected chi connectivity index (χ4v) is 7.10. The van der Waals surface area contributed by atoms with Gasteiger partial charge in [0.15, 0.2) is 0 Å². The number of nitrogens with one attached hydrogen (secondary N) is 1. The highest BCUT2D eigenvalue weighted by Crippen LogP contribution is 2.36. The van der Waals surface area contributed by atoms with Gasteiger partial charge in [-0.15, -0.1) is 24.8 Å². The summed E-state index contributed by atoms with van der Waals surface area (Å²) in [6.45, 7) is 9.35. The molecule has 7 nitrogen and oxygen atoms in total. The molecular formula is C31H46Cl3N5O2. The number of carbonyl (C=O) groups excluding carboxylic acids is 2. The van der Waals surface area contributed by atoms with Crippen LogP contribution in [0.1, 0.15) is 88.1 Å². The molecule has 1 aliphatic carbocycles. The number of aromatic nitrogens is 2. The molecule has 2 aliphatic heterocycles. The van der Waals surface area contributed by atoms with E-state index >= 15 is 0 Å². The van der Waals surface area contributed by atoms with Gasteiger partial charge in [-0.2, -0.15) is 5.10 Å². The summed E-state index contributed by atoms with van der Waals surface area (Å²) in [6, 6.07) is 7.39. The molecule has 1 N–H and O–H groups in total.